The number of nitrogens with one attached hydrogen (secondary N) is 2. The molecule has 1 aromatic heterocycles. The van der Waals surface area contributed by atoms with Crippen LogP contribution in [0.2, 0.25) is 0 Å². The van der Waals surface area contributed by atoms with Crippen molar-refractivity contribution in [3.8, 4) is 5.75 Å². The Hall–Kier alpha value is -3.95. The molecule has 3 aromatic rings. The van der Waals surface area contributed by atoms with Crippen molar-refractivity contribution in [3.05, 3.63) is 77.9 Å². The molecule has 7 nitrogen and oxygen atoms in total. The summed E-state index contributed by atoms with van der Waals surface area (Å²) < 4.78 is 45.8. The zero-order valence-electron chi connectivity index (χ0n) is 19.6. The first-order valence-electron chi connectivity index (χ1n) is 11.5. The largest absolute Gasteiger partial charge is 0.494 e. The van der Waals surface area contributed by atoms with Crippen molar-refractivity contribution >= 4 is 23.1 Å². The first-order chi connectivity index (χ1) is 17.2. The maximum Gasteiger partial charge on any atom is 0.418 e. The van der Waals surface area contributed by atoms with E-state index in [9.17, 15) is 22.8 Å². The molecule has 1 amide bonds. The van der Waals surface area contributed by atoms with Gasteiger partial charge in [-0.1, -0.05) is 12.1 Å². The molecule has 4 rings (SSSR count). The fourth-order valence-corrected chi connectivity index (χ4v) is 3.84. The summed E-state index contributed by atoms with van der Waals surface area (Å²) in [6.45, 7) is 2.20. The van der Waals surface area contributed by atoms with Crippen molar-refractivity contribution in [3.63, 3.8) is 0 Å². The first kappa shape index (κ1) is 25.2. The van der Waals surface area contributed by atoms with Crippen LogP contribution in [0.4, 0.5) is 24.5 Å². The summed E-state index contributed by atoms with van der Waals surface area (Å²) in [5, 5.41) is 5.67. The monoisotopic (exact) mass is 498 g/mol. The number of rotatable bonds is 10. The number of nitrogens with zero attached hydrogens (tertiary/aromatic N) is 2. The molecule has 0 spiro atoms. The number of ketones is 1. The summed E-state index contributed by atoms with van der Waals surface area (Å²) in [4.78, 5) is 32.9. The Morgan fingerprint density at radius 2 is 1.75 bits per heavy atom. The Morgan fingerprint density at radius 3 is 2.36 bits per heavy atom. The highest BCUT2D eigenvalue weighted by molar-refractivity contribution is 6.00. The summed E-state index contributed by atoms with van der Waals surface area (Å²) in [6.07, 6.45) is 1.01. The predicted octanol–water partition coefficient (Wildman–Crippen LogP) is 5.31. The van der Waals surface area contributed by atoms with Crippen molar-refractivity contribution in [1.29, 1.82) is 0 Å². The lowest BCUT2D eigenvalue weighted by Crippen LogP contribution is -2.33. The van der Waals surface area contributed by atoms with Gasteiger partial charge in [-0.2, -0.15) is 13.2 Å². The zero-order chi connectivity index (χ0) is 25.8. The lowest BCUT2D eigenvalue weighted by atomic mass is 9.95. The third kappa shape index (κ3) is 5.99. The average molecular weight is 499 g/mol. The molecule has 0 aliphatic heterocycles. The molecule has 2 aromatic carbocycles. The molecule has 1 fully saturated rings. The van der Waals surface area contributed by atoms with Gasteiger partial charge >= 0.3 is 6.18 Å². The van der Waals surface area contributed by atoms with Crippen LogP contribution in [0.5, 0.6) is 5.75 Å². The number of hydrogen-bond donors (Lipinski definition) is 2. The standard InChI is InChI=1S/C26H25F3N4O3/c1-2-36-20-7-8-22(21(11-20)26(27,28)29)33-19-5-3-17(4-6-19)13-32-24(35)25(9-10-25)12-23(34)18-14-30-16-31-15-18/h3-8,11,14-16,33H,2,9-10,12-13H2,1H3,(H,32,35). The number of hydrogen-bond acceptors (Lipinski definition) is 6. The quantitative estimate of drug-likeness (QED) is 0.368. The number of amides is 1. The van der Waals surface area contributed by atoms with Crippen molar-refractivity contribution in [2.24, 2.45) is 5.41 Å². The average Bonchev–Trinajstić information content (AvgIpc) is 3.65. The van der Waals surface area contributed by atoms with Crippen LogP contribution >= 0.6 is 0 Å². The minimum absolute atomic E-state index is 0.0869. The number of halogens is 3. The van der Waals surface area contributed by atoms with E-state index in [2.05, 4.69) is 20.6 Å². The van der Waals surface area contributed by atoms with E-state index >= 15 is 0 Å². The first-order valence-corrected chi connectivity index (χ1v) is 11.5. The highest BCUT2D eigenvalue weighted by atomic mass is 19.4. The smallest absolute Gasteiger partial charge is 0.418 e. The predicted molar refractivity (Wildman–Crippen MR) is 127 cm³/mol. The Kier molecular flexibility index (Phi) is 7.23. The number of carbonyl (C=O) groups is 2. The molecular weight excluding hydrogens is 473 g/mol. The molecule has 1 aliphatic carbocycles. The number of carbonyl (C=O) groups excluding carboxylic acids is 2. The van der Waals surface area contributed by atoms with Crippen LogP contribution in [-0.2, 0) is 17.5 Å². The fraction of sp³-hybridized carbons (Fsp3) is 0.308. The topological polar surface area (TPSA) is 93.2 Å². The molecule has 0 bridgehead atoms. The van der Waals surface area contributed by atoms with Crippen molar-refractivity contribution in [1.82, 2.24) is 15.3 Å². The molecule has 188 valence electrons. The van der Waals surface area contributed by atoms with Gasteiger partial charge in [0.05, 0.1) is 28.8 Å². The molecular formula is C26H25F3N4O3. The van der Waals surface area contributed by atoms with Gasteiger partial charge in [-0.25, -0.2) is 9.97 Å². The van der Waals surface area contributed by atoms with Gasteiger partial charge in [-0.05, 0) is 55.7 Å². The summed E-state index contributed by atoms with van der Waals surface area (Å²) in [5.41, 5.74) is -0.00624. The van der Waals surface area contributed by atoms with Crippen LogP contribution in [0.25, 0.3) is 0 Å². The Balaban J connectivity index is 1.36. The van der Waals surface area contributed by atoms with E-state index in [0.29, 0.717) is 24.1 Å². The third-order valence-corrected chi connectivity index (χ3v) is 6.01. The fourth-order valence-electron chi connectivity index (χ4n) is 3.84. The molecule has 0 atom stereocenters. The number of ether oxygens (including phenoxy) is 1. The van der Waals surface area contributed by atoms with E-state index in [4.69, 9.17) is 4.74 Å². The molecule has 1 heterocycles. The van der Waals surface area contributed by atoms with E-state index in [0.717, 1.165) is 11.6 Å². The van der Waals surface area contributed by atoms with Crippen LogP contribution in [0.1, 0.15) is 47.7 Å². The number of anilines is 2. The van der Waals surface area contributed by atoms with Crippen molar-refractivity contribution in [2.45, 2.75) is 38.9 Å². The summed E-state index contributed by atoms with van der Waals surface area (Å²) >= 11 is 0. The van der Waals surface area contributed by atoms with Gasteiger partial charge in [0.15, 0.2) is 5.78 Å². The van der Waals surface area contributed by atoms with E-state index in [1.165, 1.54) is 30.9 Å². The highest BCUT2D eigenvalue weighted by Gasteiger charge is 2.51. The minimum Gasteiger partial charge on any atom is -0.494 e. The van der Waals surface area contributed by atoms with E-state index in [1.54, 1.807) is 31.2 Å². The number of benzene rings is 2. The lowest BCUT2D eigenvalue weighted by Gasteiger charge is -2.17. The zero-order valence-corrected chi connectivity index (χ0v) is 19.6. The number of alkyl halides is 3. The van der Waals surface area contributed by atoms with Crippen LogP contribution < -0.4 is 15.4 Å². The van der Waals surface area contributed by atoms with E-state index in [-0.39, 0.29) is 42.7 Å². The van der Waals surface area contributed by atoms with E-state index in [1.807, 2.05) is 0 Å². The number of aromatic nitrogens is 2. The SMILES string of the molecule is CCOc1ccc(Nc2ccc(CNC(=O)C3(CC(=O)c4cncnc4)CC3)cc2)c(C(F)(F)F)c1. The van der Waals surface area contributed by atoms with Crippen LogP contribution in [0.15, 0.2) is 61.2 Å². The molecule has 2 N–H and O–H groups in total. The maximum absolute atomic E-state index is 13.5. The van der Waals surface area contributed by atoms with Crippen molar-refractivity contribution < 1.29 is 27.5 Å². The second kappa shape index (κ2) is 10.3. The van der Waals surface area contributed by atoms with Gasteiger partial charge in [-0.3, -0.25) is 9.59 Å². The third-order valence-electron chi connectivity index (χ3n) is 6.01. The van der Waals surface area contributed by atoms with Crippen LogP contribution in [0, 0.1) is 5.41 Å². The minimum atomic E-state index is -4.55. The highest BCUT2D eigenvalue weighted by Crippen LogP contribution is 2.49. The normalized spacial score (nSPS) is 14.1. The van der Waals surface area contributed by atoms with Gasteiger partial charge < -0.3 is 15.4 Å². The summed E-state index contributed by atoms with van der Waals surface area (Å²) in [5.74, 6) is -0.223. The second-order valence-electron chi connectivity index (χ2n) is 8.65. The molecule has 0 radical (unpaired) electrons. The van der Waals surface area contributed by atoms with Crippen molar-refractivity contribution in [2.75, 3.05) is 11.9 Å². The Morgan fingerprint density at radius 1 is 1.06 bits per heavy atom. The van der Waals surface area contributed by atoms with Crippen LogP contribution in [0.3, 0.4) is 0 Å². The summed E-state index contributed by atoms with van der Waals surface area (Å²) in [7, 11) is 0. The van der Waals surface area contributed by atoms with Crippen LogP contribution in [-0.4, -0.2) is 28.3 Å². The van der Waals surface area contributed by atoms with Gasteiger partial charge in [0, 0.05) is 31.0 Å². The van der Waals surface area contributed by atoms with E-state index < -0.39 is 17.2 Å². The Bertz CT molecular complexity index is 1230. The summed E-state index contributed by atoms with van der Waals surface area (Å²) in [6, 6.07) is 10.5. The second-order valence-corrected chi connectivity index (χ2v) is 8.65. The van der Waals surface area contributed by atoms with Gasteiger partial charge in [0.1, 0.15) is 12.1 Å². The Labute approximate surface area is 206 Å². The maximum atomic E-state index is 13.5. The van der Waals surface area contributed by atoms with Gasteiger partial charge in [-0.15, -0.1) is 0 Å². The molecule has 0 unspecified atom stereocenters. The number of Topliss-reactive ketones (excluding diaryl/α,β-unsaturated/α-hetero) is 1. The molecule has 10 heteroatoms. The molecule has 36 heavy (non-hydrogen) atoms. The molecule has 1 aliphatic rings. The lowest BCUT2D eigenvalue weighted by molar-refractivity contribution is -0.137. The van der Waals surface area contributed by atoms with Gasteiger partial charge in [0.2, 0.25) is 5.91 Å². The van der Waals surface area contributed by atoms with Gasteiger partial charge in [0.25, 0.3) is 0 Å². The molecule has 0 saturated heterocycles. The molecule has 1 saturated carbocycles.